The molecule has 0 unspecified atom stereocenters. The number of hydrogen-bond donors (Lipinski definition) is 2. The van der Waals surface area contributed by atoms with Gasteiger partial charge in [0.2, 0.25) is 5.91 Å². The van der Waals surface area contributed by atoms with E-state index in [1.807, 2.05) is 0 Å². The van der Waals surface area contributed by atoms with Gasteiger partial charge in [-0.1, -0.05) is 0 Å². The molecular formula is C14H13FN2O2. The highest BCUT2D eigenvalue weighted by Crippen LogP contribution is 2.18. The van der Waals surface area contributed by atoms with E-state index >= 15 is 0 Å². The summed E-state index contributed by atoms with van der Waals surface area (Å²) in [4.78, 5) is 10.9. The minimum atomic E-state index is -0.499. The summed E-state index contributed by atoms with van der Waals surface area (Å²) in [7, 11) is 0. The van der Waals surface area contributed by atoms with Gasteiger partial charge in [0.15, 0.2) is 0 Å². The average molecular weight is 260 g/mol. The predicted octanol–water partition coefficient (Wildman–Crippen LogP) is 2.09. The quantitative estimate of drug-likeness (QED) is 0.826. The fourth-order valence-corrected chi connectivity index (χ4v) is 1.58. The number of nitrogens with two attached hydrogens (primary N) is 2. The van der Waals surface area contributed by atoms with E-state index in [2.05, 4.69) is 0 Å². The van der Waals surface area contributed by atoms with Crippen molar-refractivity contribution in [1.82, 2.24) is 0 Å². The zero-order chi connectivity index (χ0) is 13.8. The van der Waals surface area contributed by atoms with Gasteiger partial charge in [-0.15, -0.1) is 0 Å². The summed E-state index contributed by atoms with van der Waals surface area (Å²) >= 11 is 0. The molecule has 0 aliphatic carbocycles. The van der Waals surface area contributed by atoms with E-state index < -0.39 is 5.91 Å². The molecule has 0 spiro atoms. The fraction of sp³-hybridized carbons (Fsp3) is 0.0714. The van der Waals surface area contributed by atoms with Gasteiger partial charge in [-0.05, 0) is 42.5 Å². The summed E-state index contributed by atoms with van der Waals surface area (Å²) in [5, 5.41) is 0. The third kappa shape index (κ3) is 3.22. The van der Waals surface area contributed by atoms with Crippen LogP contribution in [0.15, 0.2) is 42.5 Å². The van der Waals surface area contributed by atoms with Crippen molar-refractivity contribution >= 4 is 11.6 Å². The van der Waals surface area contributed by atoms with Gasteiger partial charge in [-0.2, -0.15) is 0 Å². The Morgan fingerprint density at radius 1 is 1.16 bits per heavy atom. The van der Waals surface area contributed by atoms with Crippen LogP contribution < -0.4 is 16.2 Å². The first-order valence-electron chi connectivity index (χ1n) is 5.63. The molecular weight excluding hydrogens is 247 g/mol. The van der Waals surface area contributed by atoms with Crippen molar-refractivity contribution in [3.63, 3.8) is 0 Å². The number of hydrogen-bond acceptors (Lipinski definition) is 3. The van der Waals surface area contributed by atoms with Crippen LogP contribution in [0.1, 0.15) is 15.9 Å². The van der Waals surface area contributed by atoms with Crippen LogP contribution in [-0.2, 0) is 6.61 Å². The Morgan fingerprint density at radius 3 is 2.47 bits per heavy atom. The average Bonchev–Trinajstić information content (AvgIpc) is 2.40. The van der Waals surface area contributed by atoms with Gasteiger partial charge in [-0.3, -0.25) is 4.79 Å². The van der Waals surface area contributed by atoms with E-state index in [-0.39, 0.29) is 12.4 Å². The Morgan fingerprint density at radius 2 is 1.84 bits per heavy atom. The SMILES string of the molecule is NC(=O)c1ccc(OCc2cc(F)ccc2N)cc1. The van der Waals surface area contributed by atoms with Crippen molar-refractivity contribution in [1.29, 1.82) is 0 Å². The molecule has 0 saturated heterocycles. The first-order valence-corrected chi connectivity index (χ1v) is 5.63. The largest absolute Gasteiger partial charge is 0.489 e. The number of amides is 1. The molecule has 0 saturated carbocycles. The lowest BCUT2D eigenvalue weighted by molar-refractivity contribution is 0.100. The second kappa shape index (κ2) is 5.39. The summed E-state index contributed by atoms with van der Waals surface area (Å²) in [5.41, 5.74) is 12.3. The lowest BCUT2D eigenvalue weighted by atomic mass is 10.2. The van der Waals surface area contributed by atoms with Crippen LogP contribution in [0.4, 0.5) is 10.1 Å². The number of halogens is 1. The van der Waals surface area contributed by atoms with E-state index in [0.717, 1.165) is 0 Å². The molecule has 0 fully saturated rings. The molecule has 0 aromatic heterocycles. The lowest BCUT2D eigenvalue weighted by Gasteiger charge is -2.09. The fourth-order valence-electron chi connectivity index (χ4n) is 1.58. The molecule has 0 radical (unpaired) electrons. The topological polar surface area (TPSA) is 78.3 Å². The molecule has 0 heterocycles. The monoisotopic (exact) mass is 260 g/mol. The maximum absolute atomic E-state index is 13.1. The molecule has 2 aromatic carbocycles. The first kappa shape index (κ1) is 12.9. The molecule has 1 amide bonds. The highest BCUT2D eigenvalue weighted by molar-refractivity contribution is 5.92. The molecule has 0 aliphatic heterocycles. The predicted molar refractivity (Wildman–Crippen MR) is 70.1 cm³/mol. The highest BCUT2D eigenvalue weighted by atomic mass is 19.1. The molecule has 98 valence electrons. The molecule has 2 aromatic rings. The summed E-state index contributed by atoms with van der Waals surface area (Å²) in [5.74, 6) is -0.313. The van der Waals surface area contributed by atoms with Crippen LogP contribution in [0.3, 0.4) is 0 Å². The number of anilines is 1. The van der Waals surface area contributed by atoms with Gasteiger partial charge >= 0.3 is 0 Å². The van der Waals surface area contributed by atoms with Gasteiger partial charge in [0.1, 0.15) is 18.2 Å². The maximum atomic E-state index is 13.1. The number of primary amides is 1. The number of carbonyl (C=O) groups excluding carboxylic acids is 1. The zero-order valence-electron chi connectivity index (χ0n) is 10.1. The highest BCUT2D eigenvalue weighted by Gasteiger charge is 2.04. The normalized spacial score (nSPS) is 10.2. The molecule has 4 nitrogen and oxygen atoms in total. The Hall–Kier alpha value is -2.56. The van der Waals surface area contributed by atoms with Crippen molar-refractivity contribution in [2.24, 2.45) is 5.73 Å². The number of nitrogen functional groups attached to an aromatic ring is 1. The smallest absolute Gasteiger partial charge is 0.248 e. The van der Waals surface area contributed by atoms with Crippen molar-refractivity contribution in [3.05, 3.63) is 59.4 Å². The van der Waals surface area contributed by atoms with Crippen LogP contribution >= 0.6 is 0 Å². The molecule has 0 atom stereocenters. The van der Waals surface area contributed by atoms with Gasteiger partial charge in [0, 0.05) is 16.8 Å². The third-order valence-corrected chi connectivity index (χ3v) is 2.64. The van der Waals surface area contributed by atoms with Crippen molar-refractivity contribution in [3.8, 4) is 5.75 Å². The summed E-state index contributed by atoms with van der Waals surface area (Å²) in [6, 6.07) is 10.5. The Balaban J connectivity index is 2.06. The van der Waals surface area contributed by atoms with Crippen LogP contribution in [0, 0.1) is 5.82 Å². The standard InChI is InChI=1S/C14H13FN2O2/c15-11-3-6-13(16)10(7-11)8-19-12-4-1-9(2-5-12)14(17)18/h1-7H,8,16H2,(H2,17,18). The van der Waals surface area contributed by atoms with Crippen LogP contribution in [-0.4, -0.2) is 5.91 Å². The van der Waals surface area contributed by atoms with Crippen molar-refractivity contribution in [2.45, 2.75) is 6.61 Å². The minimum absolute atomic E-state index is 0.152. The second-order valence-corrected chi connectivity index (χ2v) is 4.02. The molecule has 4 N–H and O–H groups in total. The minimum Gasteiger partial charge on any atom is -0.489 e. The molecule has 0 bridgehead atoms. The number of benzene rings is 2. The Kier molecular flexibility index (Phi) is 3.66. The Bertz CT molecular complexity index is 597. The molecule has 0 aliphatic rings. The maximum Gasteiger partial charge on any atom is 0.248 e. The van der Waals surface area contributed by atoms with Gasteiger partial charge in [-0.25, -0.2) is 4.39 Å². The molecule has 2 rings (SSSR count). The second-order valence-electron chi connectivity index (χ2n) is 4.02. The lowest BCUT2D eigenvalue weighted by Crippen LogP contribution is -2.10. The summed E-state index contributed by atoms with van der Waals surface area (Å²) in [6.07, 6.45) is 0. The number of carbonyl (C=O) groups is 1. The van der Waals surface area contributed by atoms with E-state index in [4.69, 9.17) is 16.2 Å². The number of ether oxygens (including phenoxy) is 1. The van der Waals surface area contributed by atoms with Crippen LogP contribution in [0.2, 0.25) is 0 Å². The molecule has 5 heteroatoms. The molecule has 19 heavy (non-hydrogen) atoms. The van der Waals surface area contributed by atoms with E-state index in [9.17, 15) is 9.18 Å². The first-order chi connectivity index (χ1) is 9.06. The summed E-state index contributed by atoms with van der Waals surface area (Å²) < 4.78 is 18.5. The van der Waals surface area contributed by atoms with E-state index in [0.29, 0.717) is 22.6 Å². The third-order valence-electron chi connectivity index (χ3n) is 2.64. The zero-order valence-corrected chi connectivity index (χ0v) is 10.1. The van der Waals surface area contributed by atoms with E-state index in [1.54, 1.807) is 24.3 Å². The van der Waals surface area contributed by atoms with E-state index in [1.165, 1.54) is 18.2 Å². The van der Waals surface area contributed by atoms with Crippen molar-refractivity contribution in [2.75, 3.05) is 5.73 Å². The van der Waals surface area contributed by atoms with Gasteiger partial charge in [0.25, 0.3) is 0 Å². The van der Waals surface area contributed by atoms with Crippen LogP contribution in [0.25, 0.3) is 0 Å². The van der Waals surface area contributed by atoms with Crippen molar-refractivity contribution < 1.29 is 13.9 Å². The summed E-state index contributed by atoms with van der Waals surface area (Å²) in [6.45, 7) is 0.152. The van der Waals surface area contributed by atoms with Gasteiger partial charge in [0.05, 0.1) is 0 Å². The van der Waals surface area contributed by atoms with Gasteiger partial charge < -0.3 is 16.2 Å². The Labute approximate surface area is 109 Å². The van der Waals surface area contributed by atoms with Crippen LogP contribution in [0.5, 0.6) is 5.75 Å². The number of rotatable bonds is 4.